The summed E-state index contributed by atoms with van der Waals surface area (Å²) in [6.07, 6.45) is 4.10. The predicted molar refractivity (Wildman–Crippen MR) is 74.6 cm³/mol. The van der Waals surface area contributed by atoms with E-state index in [-0.39, 0.29) is 10.8 Å². The highest BCUT2D eigenvalue weighted by Crippen LogP contribution is 2.46. The number of aromatic nitrogens is 2. The van der Waals surface area contributed by atoms with E-state index in [2.05, 4.69) is 25.9 Å². The molecule has 1 aromatic heterocycles. The van der Waals surface area contributed by atoms with Gasteiger partial charge in [-0.05, 0) is 39.4 Å². The Morgan fingerprint density at radius 3 is 2.82 bits per heavy atom. The lowest BCUT2D eigenvalue weighted by Crippen LogP contribution is -2.35. The van der Waals surface area contributed by atoms with Crippen molar-refractivity contribution in [2.45, 2.75) is 50.4 Å². The second-order valence-electron chi connectivity index (χ2n) is 5.16. The van der Waals surface area contributed by atoms with Gasteiger partial charge in [0.25, 0.3) is 0 Å². The van der Waals surface area contributed by atoms with Crippen molar-refractivity contribution >= 4 is 23.4 Å². The third kappa shape index (κ3) is 2.35. The molecule has 1 aliphatic heterocycles. The van der Waals surface area contributed by atoms with Gasteiger partial charge in [0.15, 0.2) is 0 Å². The highest BCUT2D eigenvalue weighted by molar-refractivity contribution is 8.00. The minimum absolute atomic E-state index is 0.0487. The Balaban J connectivity index is 2.36. The number of halogens is 1. The molecule has 1 aliphatic rings. The maximum Gasteiger partial charge on any atom is 0.0834 e. The van der Waals surface area contributed by atoms with Crippen LogP contribution in [0.4, 0.5) is 0 Å². The van der Waals surface area contributed by atoms with Gasteiger partial charge in [-0.15, -0.1) is 0 Å². The van der Waals surface area contributed by atoms with Crippen molar-refractivity contribution in [1.82, 2.24) is 9.78 Å². The molecule has 0 bridgehead atoms. The van der Waals surface area contributed by atoms with Gasteiger partial charge in [-0.25, -0.2) is 0 Å². The van der Waals surface area contributed by atoms with Crippen molar-refractivity contribution in [2.24, 2.45) is 5.73 Å². The molecule has 96 valence electrons. The highest BCUT2D eigenvalue weighted by atomic mass is 35.5. The molecule has 17 heavy (non-hydrogen) atoms. The molecule has 3 nitrogen and oxygen atoms in total. The minimum atomic E-state index is -0.0487. The molecular formula is C12H20ClN3S. The summed E-state index contributed by atoms with van der Waals surface area (Å²) in [6, 6.07) is 0.242. The minimum Gasteiger partial charge on any atom is -0.321 e. The summed E-state index contributed by atoms with van der Waals surface area (Å²) in [5, 5.41) is 5.03. The Bertz CT molecular complexity index is 396. The fourth-order valence-electron chi connectivity index (χ4n) is 2.39. The van der Waals surface area contributed by atoms with Gasteiger partial charge in [-0.3, -0.25) is 4.68 Å². The Labute approximate surface area is 112 Å². The molecule has 0 aromatic carbocycles. The van der Waals surface area contributed by atoms with Gasteiger partial charge < -0.3 is 5.73 Å². The van der Waals surface area contributed by atoms with Crippen LogP contribution in [-0.2, 0) is 0 Å². The Hall–Kier alpha value is -0.190. The zero-order chi connectivity index (χ0) is 12.6. The lowest BCUT2D eigenvalue weighted by molar-refractivity contribution is 0.433. The molecule has 0 radical (unpaired) electrons. The largest absolute Gasteiger partial charge is 0.321 e. The van der Waals surface area contributed by atoms with Crippen LogP contribution in [-0.4, -0.2) is 20.3 Å². The van der Waals surface area contributed by atoms with E-state index in [9.17, 15) is 0 Å². The molecule has 0 saturated carbocycles. The maximum atomic E-state index is 6.45. The molecule has 1 aromatic rings. The van der Waals surface area contributed by atoms with Crippen LogP contribution < -0.4 is 5.73 Å². The number of hydrogen-bond acceptors (Lipinski definition) is 3. The monoisotopic (exact) mass is 273 g/mol. The smallest absolute Gasteiger partial charge is 0.0834 e. The van der Waals surface area contributed by atoms with Gasteiger partial charge in [0, 0.05) is 10.8 Å². The summed E-state index contributed by atoms with van der Waals surface area (Å²) < 4.78 is 2.05. The SMILES string of the molecule is CC(C)n1ncc(Cl)c1C(N)C1(C)CCCS1. The third-order valence-electron chi connectivity index (χ3n) is 3.48. The van der Waals surface area contributed by atoms with Crippen molar-refractivity contribution < 1.29 is 0 Å². The van der Waals surface area contributed by atoms with Gasteiger partial charge >= 0.3 is 0 Å². The summed E-state index contributed by atoms with van der Waals surface area (Å²) >= 11 is 8.21. The van der Waals surface area contributed by atoms with Gasteiger partial charge in [0.05, 0.1) is 23.0 Å². The molecular weight excluding hydrogens is 254 g/mol. The zero-order valence-electron chi connectivity index (χ0n) is 10.6. The summed E-state index contributed by atoms with van der Waals surface area (Å²) in [7, 11) is 0. The van der Waals surface area contributed by atoms with Crippen LogP contribution in [0.25, 0.3) is 0 Å². The molecule has 0 amide bonds. The fourth-order valence-corrected chi connectivity index (χ4v) is 3.97. The molecule has 5 heteroatoms. The van der Waals surface area contributed by atoms with Crippen LogP contribution in [0.1, 0.15) is 51.4 Å². The van der Waals surface area contributed by atoms with Crippen LogP contribution in [0.15, 0.2) is 6.20 Å². The molecule has 1 saturated heterocycles. The number of thioether (sulfide) groups is 1. The van der Waals surface area contributed by atoms with Crippen molar-refractivity contribution in [1.29, 1.82) is 0 Å². The van der Waals surface area contributed by atoms with Crippen LogP contribution in [0.2, 0.25) is 5.02 Å². The van der Waals surface area contributed by atoms with Gasteiger partial charge in [-0.2, -0.15) is 16.9 Å². The van der Waals surface area contributed by atoms with E-state index in [1.165, 1.54) is 12.2 Å². The average molecular weight is 274 g/mol. The van der Waals surface area contributed by atoms with Crippen molar-refractivity contribution in [3.05, 3.63) is 16.9 Å². The standard InChI is InChI=1S/C12H20ClN3S/c1-8(2)16-10(9(13)7-15-16)11(14)12(3)5-4-6-17-12/h7-8,11H,4-6,14H2,1-3H3. The van der Waals surface area contributed by atoms with E-state index < -0.39 is 0 Å². The molecule has 0 spiro atoms. The topological polar surface area (TPSA) is 43.8 Å². The fraction of sp³-hybridized carbons (Fsp3) is 0.750. The van der Waals surface area contributed by atoms with E-state index in [0.29, 0.717) is 11.1 Å². The summed E-state index contributed by atoms with van der Waals surface area (Å²) in [4.78, 5) is 0. The first-order chi connectivity index (χ1) is 7.96. The first-order valence-corrected chi connectivity index (χ1v) is 7.44. The predicted octanol–water partition coefficient (Wildman–Crippen LogP) is 3.40. The zero-order valence-corrected chi connectivity index (χ0v) is 12.2. The first-order valence-electron chi connectivity index (χ1n) is 6.08. The average Bonchev–Trinajstić information content (AvgIpc) is 2.85. The summed E-state index contributed by atoms with van der Waals surface area (Å²) in [5.41, 5.74) is 7.44. The number of rotatable bonds is 3. The van der Waals surface area contributed by atoms with Gasteiger partial charge in [0.2, 0.25) is 0 Å². The molecule has 2 atom stereocenters. The van der Waals surface area contributed by atoms with Gasteiger partial charge in [-0.1, -0.05) is 11.6 Å². The van der Waals surface area contributed by atoms with Gasteiger partial charge in [0.1, 0.15) is 0 Å². The van der Waals surface area contributed by atoms with Crippen LogP contribution in [0.5, 0.6) is 0 Å². The van der Waals surface area contributed by atoms with Crippen LogP contribution in [0, 0.1) is 0 Å². The van der Waals surface area contributed by atoms with E-state index >= 15 is 0 Å². The molecule has 0 aliphatic carbocycles. The Morgan fingerprint density at radius 1 is 1.59 bits per heavy atom. The normalized spacial score (nSPS) is 26.7. The highest BCUT2D eigenvalue weighted by Gasteiger charge is 2.39. The Kier molecular flexibility index (Phi) is 3.76. The first kappa shape index (κ1) is 13.2. The van der Waals surface area contributed by atoms with Crippen LogP contribution >= 0.6 is 23.4 Å². The van der Waals surface area contributed by atoms with E-state index in [4.69, 9.17) is 17.3 Å². The molecule has 2 heterocycles. The second-order valence-corrected chi connectivity index (χ2v) is 7.20. The van der Waals surface area contributed by atoms with E-state index in [1.54, 1.807) is 6.20 Å². The number of hydrogen-bond donors (Lipinski definition) is 1. The quantitative estimate of drug-likeness (QED) is 0.918. The molecule has 2 unspecified atom stereocenters. The molecule has 2 N–H and O–H groups in total. The van der Waals surface area contributed by atoms with E-state index in [1.807, 2.05) is 16.4 Å². The molecule has 1 fully saturated rings. The molecule has 2 rings (SSSR count). The lowest BCUT2D eigenvalue weighted by Gasteiger charge is -2.31. The Morgan fingerprint density at radius 2 is 2.29 bits per heavy atom. The summed E-state index contributed by atoms with van der Waals surface area (Å²) in [5.74, 6) is 1.19. The van der Waals surface area contributed by atoms with Crippen molar-refractivity contribution in [3.63, 3.8) is 0 Å². The lowest BCUT2D eigenvalue weighted by atomic mass is 9.94. The van der Waals surface area contributed by atoms with Crippen molar-refractivity contribution in [2.75, 3.05) is 5.75 Å². The number of nitrogens with zero attached hydrogens (tertiary/aromatic N) is 2. The maximum absolute atomic E-state index is 6.45. The third-order valence-corrected chi connectivity index (χ3v) is 5.38. The summed E-state index contributed by atoms with van der Waals surface area (Å²) in [6.45, 7) is 6.44. The number of nitrogens with two attached hydrogens (primary N) is 1. The second kappa shape index (κ2) is 4.82. The van der Waals surface area contributed by atoms with Crippen LogP contribution in [0.3, 0.4) is 0 Å². The van der Waals surface area contributed by atoms with E-state index in [0.717, 1.165) is 12.1 Å². The van der Waals surface area contributed by atoms with Crippen molar-refractivity contribution in [3.8, 4) is 0 Å².